The third kappa shape index (κ3) is 3.62. The molecule has 5 nitrogen and oxygen atoms in total. The second-order valence-electron chi connectivity index (χ2n) is 6.46. The number of carbonyl (C=O) groups excluding carboxylic acids is 1. The van der Waals surface area contributed by atoms with Crippen LogP contribution in [0.5, 0.6) is 5.75 Å². The highest BCUT2D eigenvalue weighted by Gasteiger charge is 2.20. The van der Waals surface area contributed by atoms with Gasteiger partial charge < -0.3 is 15.0 Å². The molecule has 1 aliphatic rings. The van der Waals surface area contributed by atoms with Crippen molar-refractivity contribution in [3.8, 4) is 5.75 Å². The maximum absolute atomic E-state index is 12.5. The summed E-state index contributed by atoms with van der Waals surface area (Å²) in [7, 11) is 1.63. The Hall–Kier alpha value is -3.34. The van der Waals surface area contributed by atoms with E-state index in [2.05, 4.69) is 33.4 Å². The number of fused-ring (bicyclic) bond motifs is 1. The van der Waals surface area contributed by atoms with Crippen LogP contribution in [-0.4, -0.2) is 24.5 Å². The average Bonchev–Trinajstić information content (AvgIpc) is 3.16. The summed E-state index contributed by atoms with van der Waals surface area (Å²) >= 11 is 0. The fraction of sp³-hybridized carbons (Fsp3) is 0.182. The zero-order chi connectivity index (χ0) is 18.6. The van der Waals surface area contributed by atoms with Gasteiger partial charge in [0.1, 0.15) is 11.4 Å². The summed E-state index contributed by atoms with van der Waals surface area (Å²) in [5.41, 5.74) is 4.96. The molecular weight excluding hydrogens is 338 g/mol. The maximum atomic E-state index is 12.5. The van der Waals surface area contributed by atoms with Crippen molar-refractivity contribution >= 4 is 17.3 Å². The molecule has 0 atom stereocenters. The number of pyridine rings is 1. The molecule has 27 heavy (non-hydrogen) atoms. The molecule has 136 valence electrons. The second-order valence-corrected chi connectivity index (χ2v) is 6.46. The number of nitrogens with zero attached hydrogens (tertiary/aromatic N) is 2. The van der Waals surface area contributed by atoms with E-state index in [4.69, 9.17) is 4.74 Å². The summed E-state index contributed by atoms with van der Waals surface area (Å²) < 4.78 is 5.15. The topological polar surface area (TPSA) is 54.5 Å². The van der Waals surface area contributed by atoms with Gasteiger partial charge in [-0.25, -0.2) is 0 Å². The molecule has 1 aliphatic heterocycles. The first-order valence-electron chi connectivity index (χ1n) is 8.97. The highest BCUT2D eigenvalue weighted by molar-refractivity contribution is 5.93. The van der Waals surface area contributed by atoms with E-state index in [9.17, 15) is 4.79 Å². The minimum atomic E-state index is -0.180. The Kier molecular flexibility index (Phi) is 4.75. The van der Waals surface area contributed by atoms with E-state index in [1.165, 1.54) is 11.3 Å². The smallest absolute Gasteiger partial charge is 0.270 e. The zero-order valence-electron chi connectivity index (χ0n) is 15.2. The molecule has 4 rings (SSSR count). The summed E-state index contributed by atoms with van der Waals surface area (Å²) in [6.07, 6.45) is 2.70. The lowest BCUT2D eigenvalue weighted by Gasteiger charge is -2.19. The molecule has 1 amide bonds. The number of methoxy groups -OCH3 is 1. The summed E-state index contributed by atoms with van der Waals surface area (Å²) in [6.45, 7) is 1.36. The number of nitrogens with one attached hydrogen (secondary N) is 1. The van der Waals surface area contributed by atoms with Gasteiger partial charge in [0, 0.05) is 30.7 Å². The van der Waals surface area contributed by atoms with Gasteiger partial charge in [-0.1, -0.05) is 30.3 Å². The molecule has 0 radical (unpaired) electrons. The second kappa shape index (κ2) is 7.50. The Morgan fingerprint density at radius 2 is 1.96 bits per heavy atom. The standard InChI is InChI=1S/C22H21N3O2/c1-27-19-8-6-16(7-9-19)15-24-22(26)20-14-18(10-12-23-20)25-13-11-17-4-2-3-5-21(17)25/h2-10,12,14H,11,13,15H2,1H3,(H,24,26). The number of rotatable bonds is 5. The van der Waals surface area contributed by atoms with E-state index in [0.717, 1.165) is 30.0 Å². The normalized spacial score (nSPS) is 12.6. The fourth-order valence-electron chi connectivity index (χ4n) is 3.33. The Morgan fingerprint density at radius 1 is 1.15 bits per heavy atom. The van der Waals surface area contributed by atoms with Crippen molar-refractivity contribution in [1.29, 1.82) is 0 Å². The molecule has 0 unspecified atom stereocenters. The van der Waals surface area contributed by atoms with E-state index in [0.29, 0.717) is 12.2 Å². The molecule has 0 fully saturated rings. The Labute approximate surface area is 158 Å². The highest BCUT2D eigenvalue weighted by Crippen LogP contribution is 2.34. The van der Waals surface area contributed by atoms with Gasteiger partial charge in [-0.3, -0.25) is 9.78 Å². The highest BCUT2D eigenvalue weighted by atomic mass is 16.5. The summed E-state index contributed by atoms with van der Waals surface area (Å²) in [6, 6.07) is 19.8. The van der Waals surface area contributed by atoms with Crippen LogP contribution >= 0.6 is 0 Å². The Morgan fingerprint density at radius 3 is 2.78 bits per heavy atom. The van der Waals surface area contributed by atoms with Crippen molar-refractivity contribution in [2.75, 3.05) is 18.6 Å². The van der Waals surface area contributed by atoms with Crippen LogP contribution in [0.4, 0.5) is 11.4 Å². The summed E-state index contributed by atoms with van der Waals surface area (Å²) in [5, 5.41) is 2.93. The molecule has 0 saturated heterocycles. The molecule has 5 heteroatoms. The van der Waals surface area contributed by atoms with E-state index < -0.39 is 0 Å². The third-order valence-electron chi connectivity index (χ3n) is 4.79. The van der Waals surface area contributed by atoms with Crippen molar-refractivity contribution in [1.82, 2.24) is 10.3 Å². The molecule has 0 saturated carbocycles. The van der Waals surface area contributed by atoms with Gasteiger partial charge in [0.25, 0.3) is 5.91 Å². The first-order chi connectivity index (χ1) is 13.2. The SMILES string of the molecule is COc1ccc(CNC(=O)c2cc(N3CCc4ccccc43)ccn2)cc1. The number of para-hydroxylation sites is 1. The van der Waals surface area contributed by atoms with Gasteiger partial charge in [0.2, 0.25) is 0 Å². The van der Waals surface area contributed by atoms with Crippen LogP contribution in [0.25, 0.3) is 0 Å². The number of anilines is 2. The number of aromatic nitrogens is 1. The maximum Gasteiger partial charge on any atom is 0.270 e. The van der Waals surface area contributed by atoms with E-state index in [1.807, 2.05) is 42.5 Å². The number of benzene rings is 2. The van der Waals surface area contributed by atoms with Gasteiger partial charge >= 0.3 is 0 Å². The van der Waals surface area contributed by atoms with Gasteiger partial charge in [-0.2, -0.15) is 0 Å². The minimum absolute atomic E-state index is 0.180. The predicted molar refractivity (Wildman–Crippen MR) is 106 cm³/mol. The van der Waals surface area contributed by atoms with Crippen LogP contribution in [0, 0.1) is 0 Å². The largest absolute Gasteiger partial charge is 0.497 e. The van der Waals surface area contributed by atoms with Crippen LogP contribution in [0.3, 0.4) is 0 Å². The lowest BCUT2D eigenvalue weighted by Crippen LogP contribution is -2.24. The number of hydrogen-bond acceptors (Lipinski definition) is 4. The third-order valence-corrected chi connectivity index (χ3v) is 4.79. The number of carbonyl (C=O) groups is 1. The molecular formula is C22H21N3O2. The lowest BCUT2D eigenvalue weighted by molar-refractivity contribution is 0.0946. The average molecular weight is 359 g/mol. The minimum Gasteiger partial charge on any atom is -0.497 e. The summed E-state index contributed by atoms with van der Waals surface area (Å²) in [5.74, 6) is 0.616. The van der Waals surface area contributed by atoms with Crippen molar-refractivity contribution in [3.05, 3.63) is 83.7 Å². The van der Waals surface area contributed by atoms with Crippen molar-refractivity contribution in [2.45, 2.75) is 13.0 Å². The molecule has 1 aromatic heterocycles. The quantitative estimate of drug-likeness (QED) is 0.754. The van der Waals surface area contributed by atoms with Gasteiger partial charge in [-0.15, -0.1) is 0 Å². The number of ether oxygens (including phenoxy) is 1. The van der Waals surface area contributed by atoms with Crippen LogP contribution in [-0.2, 0) is 13.0 Å². The molecule has 0 aliphatic carbocycles. The lowest BCUT2D eigenvalue weighted by atomic mass is 10.2. The van der Waals surface area contributed by atoms with E-state index in [-0.39, 0.29) is 5.91 Å². The Bertz CT molecular complexity index is 954. The van der Waals surface area contributed by atoms with Crippen LogP contribution < -0.4 is 15.0 Å². The van der Waals surface area contributed by atoms with Gasteiger partial charge in [0.05, 0.1) is 7.11 Å². The monoisotopic (exact) mass is 359 g/mol. The molecule has 0 bridgehead atoms. The molecule has 0 spiro atoms. The molecule has 1 N–H and O–H groups in total. The van der Waals surface area contributed by atoms with Crippen molar-refractivity contribution in [3.63, 3.8) is 0 Å². The number of amides is 1. The Balaban J connectivity index is 1.46. The number of hydrogen-bond donors (Lipinski definition) is 1. The van der Waals surface area contributed by atoms with Crippen molar-refractivity contribution in [2.24, 2.45) is 0 Å². The molecule has 2 aromatic carbocycles. The van der Waals surface area contributed by atoms with Crippen LogP contribution in [0.1, 0.15) is 21.6 Å². The van der Waals surface area contributed by atoms with Gasteiger partial charge in [0.15, 0.2) is 0 Å². The fourth-order valence-corrected chi connectivity index (χ4v) is 3.33. The molecule has 3 aromatic rings. The first kappa shape index (κ1) is 17.1. The van der Waals surface area contributed by atoms with E-state index in [1.54, 1.807) is 13.3 Å². The van der Waals surface area contributed by atoms with Crippen molar-refractivity contribution < 1.29 is 9.53 Å². The molecule has 2 heterocycles. The van der Waals surface area contributed by atoms with Crippen LogP contribution in [0.15, 0.2) is 66.9 Å². The summed E-state index contributed by atoms with van der Waals surface area (Å²) in [4.78, 5) is 19.0. The predicted octanol–water partition coefficient (Wildman–Crippen LogP) is 3.71. The zero-order valence-corrected chi connectivity index (χ0v) is 15.2. The van der Waals surface area contributed by atoms with Gasteiger partial charge in [-0.05, 0) is 47.9 Å². The van der Waals surface area contributed by atoms with Crippen LogP contribution in [0.2, 0.25) is 0 Å². The van der Waals surface area contributed by atoms with E-state index >= 15 is 0 Å². The first-order valence-corrected chi connectivity index (χ1v) is 8.97.